The molecule has 0 bridgehead atoms. The lowest BCUT2D eigenvalue weighted by Gasteiger charge is -2.25. The molecule has 2 N–H and O–H groups in total. The van der Waals surface area contributed by atoms with E-state index in [0.29, 0.717) is 10.6 Å². The molecule has 2 aromatic rings. The molecule has 5 nitrogen and oxygen atoms in total. The zero-order chi connectivity index (χ0) is 17.1. The maximum absolute atomic E-state index is 12.7. The van der Waals surface area contributed by atoms with E-state index in [-0.39, 0.29) is 18.0 Å². The summed E-state index contributed by atoms with van der Waals surface area (Å²) in [7, 11) is 1.58. The van der Waals surface area contributed by atoms with E-state index in [0.717, 1.165) is 24.9 Å². The first-order chi connectivity index (χ1) is 11.6. The van der Waals surface area contributed by atoms with E-state index in [1.807, 2.05) is 10.3 Å². The van der Waals surface area contributed by atoms with Gasteiger partial charge in [0, 0.05) is 13.6 Å². The molecule has 2 heterocycles. The van der Waals surface area contributed by atoms with Crippen molar-refractivity contribution in [2.45, 2.75) is 25.8 Å². The van der Waals surface area contributed by atoms with E-state index in [1.165, 1.54) is 16.9 Å². The molecule has 126 valence electrons. The number of thiophene rings is 1. The van der Waals surface area contributed by atoms with Gasteiger partial charge in [0.1, 0.15) is 5.00 Å². The molecule has 1 aliphatic heterocycles. The Balaban J connectivity index is 1.76. The van der Waals surface area contributed by atoms with Gasteiger partial charge in [-0.15, -0.1) is 11.3 Å². The molecule has 0 aliphatic carbocycles. The van der Waals surface area contributed by atoms with Crippen LogP contribution in [-0.4, -0.2) is 30.4 Å². The minimum atomic E-state index is -0.192. The van der Waals surface area contributed by atoms with Crippen LogP contribution >= 0.6 is 11.3 Å². The van der Waals surface area contributed by atoms with Gasteiger partial charge in [-0.2, -0.15) is 0 Å². The highest BCUT2D eigenvalue weighted by molar-refractivity contribution is 7.14. The number of nitrogens with zero attached hydrogens (tertiary/aromatic N) is 1. The maximum Gasteiger partial charge on any atom is 0.322 e. The number of carbonyl (C=O) groups is 2. The van der Waals surface area contributed by atoms with Gasteiger partial charge >= 0.3 is 6.03 Å². The fraction of sp³-hybridized carbons (Fsp3) is 0.333. The van der Waals surface area contributed by atoms with E-state index >= 15 is 0 Å². The number of amides is 3. The van der Waals surface area contributed by atoms with Crippen molar-refractivity contribution in [3.8, 4) is 0 Å². The highest BCUT2D eigenvalue weighted by Gasteiger charge is 2.30. The minimum Gasteiger partial charge on any atom is -0.355 e. The second-order valence-corrected chi connectivity index (χ2v) is 6.85. The number of carbonyl (C=O) groups excluding carboxylic acids is 2. The molecule has 1 aliphatic rings. The summed E-state index contributed by atoms with van der Waals surface area (Å²) in [5.74, 6) is -0.192. The summed E-state index contributed by atoms with van der Waals surface area (Å²) in [6.07, 6.45) is 1.95. The smallest absolute Gasteiger partial charge is 0.322 e. The molecular formula is C18H21N3O2S. The van der Waals surface area contributed by atoms with Gasteiger partial charge in [-0.05, 0) is 36.8 Å². The fourth-order valence-corrected chi connectivity index (χ4v) is 3.81. The molecule has 1 saturated heterocycles. The van der Waals surface area contributed by atoms with Gasteiger partial charge in [-0.25, -0.2) is 4.79 Å². The number of benzene rings is 1. The van der Waals surface area contributed by atoms with Crippen LogP contribution < -0.4 is 10.6 Å². The first kappa shape index (κ1) is 16.5. The summed E-state index contributed by atoms with van der Waals surface area (Å²) in [4.78, 5) is 26.4. The molecule has 6 heteroatoms. The molecule has 24 heavy (non-hydrogen) atoms. The Morgan fingerprint density at radius 1 is 1.21 bits per heavy atom. The maximum atomic E-state index is 12.7. The average Bonchev–Trinajstić information content (AvgIpc) is 3.24. The van der Waals surface area contributed by atoms with Gasteiger partial charge in [0.05, 0.1) is 11.6 Å². The fourth-order valence-electron chi connectivity index (χ4n) is 3.03. The zero-order valence-electron chi connectivity index (χ0n) is 13.8. The summed E-state index contributed by atoms with van der Waals surface area (Å²) < 4.78 is 0. The number of anilines is 1. The highest BCUT2D eigenvalue weighted by atomic mass is 32.1. The summed E-state index contributed by atoms with van der Waals surface area (Å²) in [6, 6.07) is 10.00. The van der Waals surface area contributed by atoms with Crippen LogP contribution in [0.25, 0.3) is 0 Å². The second-order valence-electron chi connectivity index (χ2n) is 5.93. The number of aryl methyl sites for hydroxylation is 1. The van der Waals surface area contributed by atoms with Gasteiger partial charge in [-0.1, -0.05) is 29.8 Å². The molecule has 1 unspecified atom stereocenters. The van der Waals surface area contributed by atoms with Crippen LogP contribution in [0.4, 0.5) is 9.80 Å². The number of urea groups is 1. The Morgan fingerprint density at radius 3 is 2.67 bits per heavy atom. The molecular weight excluding hydrogens is 322 g/mol. The van der Waals surface area contributed by atoms with Crippen LogP contribution in [0.2, 0.25) is 0 Å². The first-order valence-corrected chi connectivity index (χ1v) is 8.92. The summed E-state index contributed by atoms with van der Waals surface area (Å²) in [5.41, 5.74) is 2.87. The van der Waals surface area contributed by atoms with Crippen molar-refractivity contribution in [1.82, 2.24) is 10.2 Å². The lowest BCUT2D eigenvalue weighted by Crippen LogP contribution is -2.34. The predicted octanol–water partition coefficient (Wildman–Crippen LogP) is 3.79. The van der Waals surface area contributed by atoms with E-state index in [9.17, 15) is 9.59 Å². The van der Waals surface area contributed by atoms with Gasteiger partial charge in [0.25, 0.3) is 5.91 Å². The lowest BCUT2D eigenvalue weighted by molar-refractivity contribution is 0.0964. The average molecular weight is 343 g/mol. The van der Waals surface area contributed by atoms with Crippen molar-refractivity contribution in [2.24, 2.45) is 0 Å². The summed E-state index contributed by atoms with van der Waals surface area (Å²) >= 11 is 1.36. The quantitative estimate of drug-likeness (QED) is 0.891. The molecule has 0 radical (unpaired) electrons. The van der Waals surface area contributed by atoms with Crippen molar-refractivity contribution in [2.75, 3.05) is 18.9 Å². The Kier molecular flexibility index (Phi) is 4.85. The molecule has 0 saturated carbocycles. The van der Waals surface area contributed by atoms with Crippen LogP contribution in [0.3, 0.4) is 0 Å². The Labute approximate surface area is 145 Å². The van der Waals surface area contributed by atoms with Crippen molar-refractivity contribution in [1.29, 1.82) is 0 Å². The van der Waals surface area contributed by atoms with Crippen LogP contribution in [0, 0.1) is 6.92 Å². The number of rotatable bonds is 3. The van der Waals surface area contributed by atoms with Crippen molar-refractivity contribution in [3.63, 3.8) is 0 Å². The van der Waals surface area contributed by atoms with Crippen molar-refractivity contribution >= 4 is 28.3 Å². The number of hydrogen-bond acceptors (Lipinski definition) is 3. The molecule has 0 spiro atoms. The third kappa shape index (κ3) is 3.28. The van der Waals surface area contributed by atoms with Gasteiger partial charge < -0.3 is 10.2 Å². The topological polar surface area (TPSA) is 61.4 Å². The van der Waals surface area contributed by atoms with Crippen LogP contribution in [-0.2, 0) is 0 Å². The summed E-state index contributed by atoms with van der Waals surface area (Å²) in [5, 5.41) is 7.90. The lowest BCUT2D eigenvalue weighted by atomic mass is 10.0. The highest BCUT2D eigenvalue weighted by Crippen LogP contribution is 2.33. The minimum absolute atomic E-state index is 0.0917. The normalized spacial score (nSPS) is 16.9. The Bertz CT molecular complexity index is 739. The van der Waals surface area contributed by atoms with Crippen LogP contribution in [0.1, 0.15) is 40.4 Å². The molecule has 3 amide bonds. The second kappa shape index (κ2) is 7.05. The number of hydrogen-bond donors (Lipinski definition) is 2. The molecule has 3 rings (SSSR count). The largest absolute Gasteiger partial charge is 0.355 e. The van der Waals surface area contributed by atoms with Crippen molar-refractivity contribution < 1.29 is 9.59 Å². The molecule has 1 aromatic heterocycles. The molecule has 1 atom stereocenters. The van der Waals surface area contributed by atoms with E-state index in [2.05, 4.69) is 41.8 Å². The summed E-state index contributed by atoms with van der Waals surface area (Å²) in [6.45, 7) is 2.78. The molecule has 1 fully saturated rings. The Morgan fingerprint density at radius 2 is 1.96 bits per heavy atom. The standard InChI is InChI=1S/C18H21N3O2S/c1-12-5-7-13(8-6-12)15-4-3-10-21(15)18(23)20-17-14(9-11-24-17)16(22)19-2/h5-9,11,15H,3-4,10H2,1-2H3,(H,19,22)(H,20,23). The third-order valence-electron chi connectivity index (χ3n) is 4.33. The van der Waals surface area contributed by atoms with Crippen molar-refractivity contribution in [3.05, 3.63) is 52.4 Å². The zero-order valence-corrected chi connectivity index (χ0v) is 14.7. The van der Waals surface area contributed by atoms with Crippen LogP contribution in [0.15, 0.2) is 35.7 Å². The first-order valence-electron chi connectivity index (χ1n) is 8.04. The van der Waals surface area contributed by atoms with Gasteiger partial charge in [-0.3, -0.25) is 10.1 Å². The van der Waals surface area contributed by atoms with Crippen LogP contribution in [0.5, 0.6) is 0 Å². The predicted molar refractivity (Wildman–Crippen MR) is 96.6 cm³/mol. The number of likely N-dealkylation sites (tertiary alicyclic amines) is 1. The van der Waals surface area contributed by atoms with E-state index < -0.39 is 0 Å². The SMILES string of the molecule is CNC(=O)c1ccsc1NC(=O)N1CCCC1c1ccc(C)cc1. The monoisotopic (exact) mass is 343 g/mol. The van der Waals surface area contributed by atoms with E-state index in [1.54, 1.807) is 13.1 Å². The molecule has 1 aromatic carbocycles. The Hall–Kier alpha value is -2.34. The number of nitrogens with one attached hydrogen (secondary N) is 2. The van der Waals surface area contributed by atoms with E-state index in [4.69, 9.17) is 0 Å². The van der Waals surface area contributed by atoms with Gasteiger partial charge in [0.2, 0.25) is 0 Å². The van der Waals surface area contributed by atoms with Gasteiger partial charge in [0.15, 0.2) is 0 Å². The third-order valence-corrected chi connectivity index (χ3v) is 5.16.